The smallest absolute Gasteiger partial charge is 0.504 e. The van der Waals surface area contributed by atoms with Gasteiger partial charge in [0.1, 0.15) is 11.3 Å². The number of anilines is 1. The highest BCUT2D eigenvalue weighted by molar-refractivity contribution is 6.80. The van der Waals surface area contributed by atoms with Crippen LogP contribution in [0.1, 0.15) is 26.3 Å². The number of benzene rings is 1. The second kappa shape index (κ2) is 7.56. The molecular weight excluding hydrogens is 329 g/mol. The van der Waals surface area contributed by atoms with Crippen LogP contribution in [-0.4, -0.2) is 49.9 Å². The third-order valence-corrected chi connectivity index (χ3v) is 3.27. The first-order valence-electron chi connectivity index (χ1n) is 7.02. The second-order valence-corrected chi connectivity index (χ2v) is 5.08. The summed E-state index contributed by atoms with van der Waals surface area (Å²) in [5.41, 5.74) is 5.16. The van der Waals surface area contributed by atoms with Gasteiger partial charge in [-0.15, -0.1) is 0 Å². The van der Waals surface area contributed by atoms with E-state index < -0.39 is 24.7 Å². The summed E-state index contributed by atoms with van der Waals surface area (Å²) in [5.74, 6) is -2.69. The molecule has 0 saturated heterocycles. The van der Waals surface area contributed by atoms with Gasteiger partial charge in [0.2, 0.25) is 0 Å². The van der Waals surface area contributed by atoms with Crippen LogP contribution in [0.5, 0.6) is 5.75 Å². The minimum absolute atomic E-state index is 0.0432. The van der Waals surface area contributed by atoms with E-state index >= 15 is 0 Å². The minimum Gasteiger partial charge on any atom is -0.507 e. The Hall–Kier alpha value is -3.24. The van der Waals surface area contributed by atoms with Crippen LogP contribution in [0, 0.1) is 0 Å². The molecule has 0 fully saturated rings. The molecule has 2 aromatic rings. The number of carbonyl (C=O) groups is 2. The molecule has 25 heavy (non-hydrogen) atoms. The zero-order chi connectivity index (χ0) is 18.6. The summed E-state index contributed by atoms with van der Waals surface area (Å²) in [5, 5.41) is 37.8. The van der Waals surface area contributed by atoms with E-state index in [9.17, 15) is 24.7 Å². The van der Waals surface area contributed by atoms with E-state index in [1.807, 2.05) is 0 Å². The number of carboxylic acids is 1. The number of aliphatic imine (C=N–C) groups is 1. The fourth-order valence-electron chi connectivity index (χ4n) is 2.06. The van der Waals surface area contributed by atoms with Crippen molar-refractivity contribution in [2.75, 3.05) is 5.73 Å². The number of carbonyl (C=O) groups excluding carboxylic acids is 1. The lowest BCUT2D eigenvalue weighted by Crippen LogP contribution is -2.29. The summed E-state index contributed by atoms with van der Waals surface area (Å²) in [4.78, 5) is 30.5. The molecule has 0 spiro atoms. The molecule has 1 heterocycles. The number of phenols is 1. The van der Waals surface area contributed by atoms with Gasteiger partial charge in [0, 0.05) is 18.8 Å². The Kier molecular flexibility index (Phi) is 5.47. The van der Waals surface area contributed by atoms with Crippen molar-refractivity contribution in [2.24, 2.45) is 4.99 Å². The van der Waals surface area contributed by atoms with Gasteiger partial charge in [-0.2, -0.15) is 0 Å². The lowest BCUT2D eigenvalue weighted by atomic mass is 9.79. The summed E-state index contributed by atoms with van der Waals surface area (Å²) >= 11 is 0. The standard InChI is InChI=1S/C15H14BN3O6/c17-10-4-9(6-18-7-10)14(21)19-12(16(24)25)5-8-2-1-3-11(13(8)20)15(22)23/h1-4,6-7,20,24-25H,5,17H2,(H,22,23). The van der Waals surface area contributed by atoms with E-state index in [0.717, 1.165) is 0 Å². The van der Waals surface area contributed by atoms with E-state index in [4.69, 9.17) is 10.8 Å². The number of carboxylic acid groups (broad SMARTS) is 1. The number of para-hydroxylation sites is 1. The molecule has 2 rings (SSSR count). The summed E-state index contributed by atoms with van der Waals surface area (Å²) < 4.78 is 0. The van der Waals surface area contributed by atoms with Crippen LogP contribution < -0.4 is 5.73 Å². The molecule has 1 aromatic heterocycles. The molecule has 0 atom stereocenters. The zero-order valence-electron chi connectivity index (χ0n) is 12.8. The van der Waals surface area contributed by atoms with Crippen molar-refractivity contribution in [3.8, 4) is 5.75 Å². The first kappa shape index (κ1) is 18.1. The van der Waals surface area contributed by atoms with Crippen molar-refractivity contribution in [2.45, 2.75) is 6.42 Å². The molecule has 1 aromatic carbocycles. The van der Waals surface area contributed by atoms with Crippen molar-refractivity contribution >= 4 is 30.3 Å². The number of aromatic nitrogens is 1. The van der Waals surface area contributed by atoms with Crippen LogP contribution in [0.2, 0.25) is 0 Å². The van der Waals surface area contributed by atoms with Crippen molar-refractivity contribution < 1.29 is 29.9 Å². The van der Waals surface area contributed by atoms with Crippen molar-refractivity contribution in [3.63, 3.8) is 0 Å². The number of aromatic carboxylic acids is 1. The van der Waals surface area contributed by atoms with E-state index in [2.05, 4.69) is 9.98 Å². The topological polar surface area (TPSA) is 166 Å². The van der Waals surface area contributed by atoms with Crippen LogP contribution in [0.15, 0.2) is 41.7 Å². The van der Waals surface area contributed by atoms with Gasteiger partial charge in [0.15, 0.2) is 0 Å². The van der Waals surface area contributed by atoms with E-state index in [1.54, 1.807) is 0 Å². The van der Waals surface area contributed by atoms with Gasteiger partial charge >= 0.3 is 13.1 Å². The molecular formula is C15H14BN3O6. The molecule has 0 aliphatic carbocycles. The number of pyridine rings is 1. The molecule has 1 amide bonds. The number of hydrogen-bond donors (Lipinski definition) is 5. The van der Waals surface area contributed by atoms with Crippen LogP contribution in [-0.2, 0) is 6.42 Å². The van der Waals surface area contributed by atoms with Crippen LogP contribution >= 0.6 is 0 Å². The highest BCUT2D eigenvalue weighted by Gasteiger charge is 2.22. The van der Waals surface area contributed by atoms with Crippen molar-refractivity contribution in [1.29, 1.82) is 0 Å². The fourth-order valence-corrected chi connectivity index (χ4v) is 2.06. The monoisotopic (exact) mass is 343 g/mol. The van der Waals surface area contributed by atoms with Crippen LogP contribution in [0.3, 0.4) is 0 Å². The van der Waals surface area contributed by atoms with Crippen molar-refractivity contribution in [1.82, 2.24) is 4.98 Å². The number of hydrogen-bond acceptors (Lipinski definition) is 7. The number of rotatable bonds is 5. The Labute approximate surface area is 142 Å². The van der Waals surface area contributed by atoms with Gasteiger partial charge in [-0.25, -0.2) is 9.79 Å². The van der Waals surface area contributed by atoms with Gasteiger partial charge in [-0.05, 0) is 17.7 Å². The largest absolute Gasteiger partial charge is 0.507 e. The molecule has 0 aliphatic rings. The molecule has 0 bridgehead atoms. The van der Waals surface area contributed by atoms with E-state index in [1.165, 1.54) is 36.7 Å². The average molecular weight is 343 g/mol. The number of nitrogen functional groups attached to an aromatic ring is 1. The van der Waals surface area contributed by atoms with E-state index in [-0.39, 0.29) is 34.4 Å². The predicted molar refractivity (Wildman–Crippen MR) is 89.4 cm³/mol. The Bertz CT molecular complexity index is 853. The molecule has 0 saturated carbocycles. The van der Waals surface area contributed by atoms with Gasteiger partial charge in [-0.1, -0.05) is 12.1 Å². The number of amides is 1. The Balaban J connectivity index is 2.35. The molecule has 128 valence electrons. The van der Waals surface area contributed by atoms with Gasteiger partial charge < -0.3 is 26.0 Å². The lowest BCUT2D eigenvalue weighted by Gasteiger charge is -2.09. The highest BCUT2D eigenvalue weighted by atomic mass is 16.4. The maximum absolute atomic E-state index is 12.1. The first-order valence-corrected chi connectivity index (χ1v) is 7.02. The summed E-state index contributed by atoms with van der Waals surface area (Å²) in [7, 11) is -2.08. The van der Waals surface area contributed by atoms with Crippen molar-refractivity contribution in [3.05, 3.63) is 53.3 Å². The summed E-state index contributed by atoms with van der Waals surface area (Å²) in [6.07, 6.45) is 2.20. The molecule has 6 N–H and O–H groups in total. The van der Waals surface area contributed by atoms with Crippen LogP contribution in [0.25, 0.3) is 0 Å². The number of nitrogens with two attached hydrogens (primary N) is 1. The number of nitrogens with zero attached hydrogens (tertiary/aromatic N) is 2. The average Bonchev–Trinajstić information content (AvgIpc) is 2.55. The minimum atomic E-state index is -2.08. The maximum atomic E-state index is 12.1. The van der Waals surface area contributed by atoms with Crippen LogP contribution in [0.4, 0.5) is 5.69 Å². The predicted octanol–water partition coefficient (Wildman–Crippen LogP) is -0.0965. The molecule has 9 nitrogen and oxygen atoms in total. The Morgan fingerprint density at radius 2 is 1.96 bits per heavy atom. The normalized spacial score (nSPS) is 11.2. The molecule has 10 heteroatoms. The third-order valence-electron chi connectivity index (χ3n) is 3.27. The number of aromatic hydroxyl groups is 1. The second-order valence-electron chi connectivity index (χ2n) is 5.08. The molecule has 0 unspecified atom stereocenters. The Morgan fingerprint density at radius 1 is 1.24 bits per heavy atom. The van der Waals surface area contributed by atoms with Gasteiger partial charge in [0.25, 0.3) is 5.91 Å². The first-order chi connectivity index (χ1) is 11.8. The Morgan fingerprint density at radius 3 is 2.56 bits per heavy atom. The van der Waals surface area contributed by atoms with Gasteiger partial charge in [0.05, 0.1) is 16.9 Å². The highest BCUT2D eigenvalue weighted by Crippen LogP contribution is 2.23. The zero-order valence-corrected chi connectivity index (χ0v) is 12.8. The quantitative estimate of drug-likeness (QED) is 0.371. The SMILES string of the molecule is Nc1cncc(C(=O)N=C(Cc2cccc(C(=O)O)c2O)B(O)O)c1. The summed E-state index contributed by atoms with van der Waals surface area (Å²) in [6, 6.07) is 5.27. The van der Waals surface area contributed by atoms with Gasteiger partial charge in [-0.3, -0.25) is 9.78 Å². The molecule has 0 aliphatic heterocycles. The lowest BCUT2D eigenvalue weighted by molar-refractivity contribution is 0.0693. The summed E-state index contributed by atoms with van der Waals surface area (Å²) in [6.45, 7) is 0. The molecule has 0 radical (unpaired) electrons. The van der Waals surface area contributed by atoms with E-state index in [0.29, 0.717) is 0 Å². The third kappa shape index (κ3) is 4.40. The maximum Gasteiger partial charge on any atom is 0.504 e. The fraction of sp³-hybridized carbons (Fsp3) is 0.0667.